The van der Waals surface area contributed by atoms with E-state index in [9.17, 15) is 9.59 Å². The molecule has 0 radical (unpaired) electrons. The van der Waals surface area contributed by atoms with Gasteiger partial charge in [0.05, 0.1) is 0 Å². The average molecular weight is 331 g/mol. The summed E-state index contributed by atoms with van der Waals surface area (Å²) in [7, 11) is 0. The van der Waals surface area contributed by atoms with E-state index < -0.39 is 11.7 Å². The van der Waals surface area contributed by atoms with E-state index in [4.69, 9.17) is 4.74 Å². The summed E-state index contributed by atoms with van der Waals surface area (Å²) in [5.74, 6) is 0.196. The summed E-state index contributed by atoms with van der Waals surface area (Å²) >= 11 is 0. The summed E-state index contributed by atoms with van der Waals surface area (Å²) in [5.41, 5.74) is 1.47. The number of alkyl carbamates (subject to hydrolysis) is 1. The van der Waals surface area contributed by atoms with Crippen molar-refractivity contribution in [2.45, 2.75) is 52.1 Å². The van der Waals surface area contributed by atoms with Gasteiger partial charge in [-0.2, -0.15) is 0 Å². The highest BCUT2D eigenvalue weighted by molar-refractivity contribution is 5.82. The lowest BCUT2D eigenvalue weighted by Crippen LogP contribution is -2.33. The number of Topliss-reactive ketones (excluding diaryl/α,β-unsaturated/α-hetero) is 1. The Bertz CT molecular complexity index is 701. The molecule has 2 rings (SSSR count). The number of carbonyl (C=O) groups is 2. The second-order valence-corrected chi connectivity index (χ2v) is 6.78. The minimum atomic E-state index is -0.506. The molecule has 0 spiro atoms. The molecule has 24 heavy (non-hydrogen) atoms. The lowest BCUT2D eigenvalue weighted by molar-refractivity contribution is -0.119. The molecule has 6 nitrogen and oxygen atoms in total. The standard InChI is InChI=1S/C18H25N3O3/c1-18(2,3)24-17(23)21-10-4-5-14(22)7-6-13-8-11-19-16-15(13)9-12-20-16/h8-9,11-12H,4-7,10H2,1-3H3,(H,19,20)(H,21,23). The first-order valence-corrected chi connectivity index (χ1v) is 8.25. The van der Waals surface area contributed by atoms with E-state index in [0.717, 1.165) is 16.6 Å². The second kappa shape index (κ2) is 7.95. The van der Waals surface area contributed by atoms with E-state index in [0.29, 0.717) is 32.2 Å². The molecular weight excluding hydrogens is 306 g/mol. The van der Waals surface area contributed by atoms with Crippen LogP contribution in [0.1, 0.15) is 45.6 Å². The van der Waals surface area contributed by atoms with Gasteiger partial charge < -0.3 is 15.0 Å². The van der Waals surface area contributed by atoms with Gasteiger partial charge in [-0.25, -0.2) is 9.78 Å². The Kier molecular flexibility index (Phi) is 5.95. The zero-order valence-corrected chi connectivity index (χ0v) is 14.5. The number of rotatable bonds is 7. The zero-order chi connectivity index (χ0) is 17.6. The maximum absolute atomic E-state index is 12.0. The van der Waals surface area contributed by atoms with Crippen LogP contribution in [-0.2, 0) is 16.0 Å². The van der Waals surface area contributed by atoms with Crippen LogP contribution in [-0.4, -0.2) is 34.0 Å². The minimum Gasteiger partial charge on any atom is -0.444 e. The smallest absolute Gasteiger partial charge is 0.407 e. The topological polar surface area (TPSA) is 84.1 Å². The molecule has 0 atom stereocenters. The Hall–Kier alpha value is -2.37. The van der Waals surface area contributed by atoms with Crippen molar-refractivity contribution in [2.24, 2.45) is 0 Å². The molecule has 0 saturated carbocycles. The Morgan fingerprint density at radius 1 is 1.25 bits per heavy atom. The highest BCUT2D eigenvalue weighted by Crippen LogP contribution is 2.17. The molecule has 6 heteroatoms. The van der Waals surface area contributed by atoms with Crippen molar-refractivity contribution in [1.29, 1.82) is 0 Å². The molecule has 2 aromatic heterocycles. The average Bonchev–Trinajstić information content (AvgIpc) is 2.96. The van der Waals surface area contributed by atoms with Crippen LogP contribution in [0, 0.1) is 0 Å². The number of fused-ring (bicyclic) bond motifs is 1. The van der Waals surface area contributed by atoms with Gasteiger partial charge in [-0.05, 0) is 51.3 Å². The number of nitrogens with one attached hydrogen (secondary N) is 2. The Balaban J connectivity index is 1.67. The van der Waals surface area contributed by atoms with Crippen molar-refractivity contribution in [3.8, 4) is 0 Å². The van der Waals surface area contributed by atoms with E-state index in [1.165, 1.54) is 0 Å². The van der Waals surface area contributed by atoms with Crippen LogP contribution in [0.25, 0.3) is 11.0 Å². The summed E-state index contributed by atoms with van der Waals surface area (Å²) < 4.78 is 5.14. The molecular formula is C18H25N3O3. The lowest BCUT2D eigenvalue weighted by Gasteiger charge is -2.19. The van der Waals surface area contributed by atoms with Gasteiger partial charge in [-0.15, -0.1) is 0 Å². The van der Waals surface area contributed by atoms with Gasteiger partial charge in [0.15, 0.2) is 0 Å². The van der Waals surface area contributed by atoms with Gasteiger partial charge in [0.2, 0.25) is 0 Å². The van der Waals surface area contributed by atoms with E-state index in [1.54, 1.807) is 6.20 Å². The van der Waals surface area contributed by atoms with Gasteiger partial charge in [0.1, 0.15) is 17.0 Å². The number of aromatic nitrogens is 2. The van der Waals surface area contributed by atoms with Gasteiger partial charge in [-0.3, -0.25) is 4.79 Å². The predicted molar refractivity (Wildman–Crippen MR) is 92.9 cm³/mol. The maximum atomic E-state index is 12.0. The molecule has 0 unspecified atom stereocenters. The number of H-pyrrole nitrogens is 1. The van der Waals surface area contributed by atoms with Crippen molar-refractivity contribution in [2.75, 3.05) is 6.54 Å². The fourth-order valence-corrected chi connectivity index (χ4v) is 2.43. The van der Waals surface area contributed by atoms with Crippen LogP contribution in [0.2, 0.25) is 0 Å². The maximum Gasteiger partial charge on any atom is 0.407 e. The Morgan fingerprint density at radius 2 is 2.04 bits per heavy atom. The molecule has 0 aliphatic carbocycles. The summed E-state index contributed by atoms with van der Waals surface area (Å²) in [5, 5.41) is 3.73. The van der Waals surface area contributed by atoms with Crippen molar-refractivity contribution >= 4 is 22.9 Å². The number of ether oxygens (including phenoxy) is 1. The van der Waals surface area contributed by atoms with Crippen molar-refractivity contribution in [3.05, 3.63) is 30.1 Å². The number of hydrogen-bond donors (Lipinski definition) is 2. The SMILES string of the molecule is CC(C)(C)OC(=O)NCCCC(=O)CCc1ccnc2[nH]ccc12. The summed E-state index contributed by atoms with van der Waals surface area (Å²) in [6.07, 6.45) is 5.44. The number of ketones is 1. The molecule has 2 N–H and O–H groups in total. The first-order valence-electron chi connectivity index (χ1n) is 8.25. The third-order valence-corrected chi connectivity index (χ3v) is 3.52. The van der Waals surface area contributed by atoms with Crippen molar-refractivity contribution < 1.29 is 14.3 Å². The van der Waals surface area contributed by atoms with E-state index in [2.05, 4.69) is 15.3 Å². The Morgan fingerprint density at radius 3 is 2.79 bits per heavy atom. The van der Waals surface area contributed by atoms with Gasteiger partial charge in [0, 0.05) is 37.2 Å². The molecule has 0 bridgehead atoms. The molecule has 0 aliphatic heterocycles. The second-order valence-electron chi connectivity index (χ2n) is 6.78. The quantitative estimate of drug-likeness (QED) is 0.762. The first-order chi connectivity index (χ1) is 11.3. The molecule has 0 saturated heterocycles. The fraction of sp³-hybridized carbons (Fsp3) is 0.500. The van der Waals surface area contributed by atoms with Gasteiger partial charge in [-0.1, -0.05) is 0 Å². The monoisotopic (exact) mass is 331 g/mol. The highest BCUT2D eigenvalue weighted by atomic mass is 16.6. The lowest BCUT2D eigenvalue weighted by atomic mass is 10.0. The van der Waals surface area contributed by atoms with E-state index >= 15 is 0 Å². The van der Waals surface area contributed by atoms with E-state index in [1.807, 2.05) is 39.1 Å². The number of aryl methyl sites for hydroxylation is 1. The molecule has 0 aliphatic rings. The van der Waals surface area contributed by atoms with E-state index in [-0.39, 0.29) is 5.78 Å². The summed E-state index contributed by atoms with van der Waals surface area (Å²) in [6, 6.07) is 3.93. The normalized spacial score (nSPS) is 11.5. The van der Waals surface area contributed by atoms with Crippen molar-refractivity contribution in [1.82, 2.24) is 15.3 Å². The van der Waals surface area contributed by atoms with Gasteiger partial charge >= 0.3 is 6.09 Å². The third-order valence-electron chi connectivity index (χ3n) is 3.52. The number of carbonyl (C=O) groups excluding carboxylic acids is 2. The molecule has 1 amide bonds. The minimum absolute atomic E-state index is 0.196. The van der Waals surface area contributed by atoms with Gasteiger partial charge in [0.25, 0.3) is 0 Å². The third kappa shape index (κ3) is 5.68. The first kappa shape index (κ1) is 18.0. The fourth-order valence-electron chi connectivity index (χ4n) is 2.43. The van der Waals surface area contributed by atoms with Crippen LogP contribution in [0.3, 0.4) is 0 Å². The van der Waals surface area contributed by atoms with Crippen molar-refractivity contribution in [3.63, 3.8) is 0 Å². The molecule has 0 fully saturated rings. The van der Waals surface area contributed by atoms with Crippen LogP contribution >= 0.6 is 0 Å². The molecule has 130 valence electrons. The highest BCUT2D eigenvalue weighted by Gasteiger charge is 2.15. The van der Waals surface area contributed by atoms with Crippen LogP contribution in [0.15, 0.2) is 24.5 Å². The van der Waals surface area contributed by atoms with Crippen LogP contribution in [0.4, 0.5) is 4.79 Å². The largest absolute Gasteiger partial charge is 0.444 e. The summed E-state index contributed by atoms with van der Waals surface area (Å²) in [4.78, 5) is 30.8. The molecule has 2 aromatic rings. The predicted octanol–water partition coefficient (Wildman–Crippen LogP) is 3.37. The van der Waals surface area contributed by atoms with Crippen LogP contribution < -0.4 is 5.32 Å². The molecule has 2 heterocycles. The number of amides is 1. The number of nitrogens with zero attached hydrogens (tertiary/aromatic N) is 1. The number of pyridine rings is 1. The number of hydrogen-bond acceptors (Lipinski definition) is 4. The Labute approximate surface area is 142 Å². The van der Waals surface area contributed by atoms with Crippen LogP contribution in [0.5, 0.6) is 0 Å². The molecule has 0 aromatic carbocycles. The number of aromatic amines is 1. The summed E-state index contributed by atoms with van der Waals surface area (Å²) in [6.45, 7) is 5.89. The zero-order valence-electron chi connectivity index (χ0n) is 14.5.